The lowest BCUT2D eigenvalue weighted by atomic mass is 9.88. The molecule has 2 fully saturated rings. The normalized spacial score (nSPS) is 24.7. The Morgan fingerprint density at radius 2 is 2.00 bits per heavy atom. The van der Waals surface area contributed by atoms with Gasteiger partial charge in [-0.05, 0) is 49.5 Å². The summed E-state index contributed by atoms with van der Waals surface area (Å²) in [6, 6.07) is 5.50. The minimum atomic E-state index is 0. The Labute approximate surface area is 128 Å². The monoisotopic (exact) mass is 307 g/mol. The van der Waals surface area contributed by atoms with Crippen molar-refractivity contribution in [3.8, 4) is 0 Å². The van der Waals surface area contributed by atoms with Gasteiger partial charge >= 0.3 is 0 Å². The molecule has 0 radical (unpaired) electrons. The zero-order valence-electron chi connectivity index (χ0n) is 11.6. The molecular formula is C14H18ClN5O. The lowest BCUT2D eigenvalue weighted by Gasteiger charge is -2.34. The molecule has 6 nitrogen and oxygen atoms in total. The molecule has 0 spiro atoms. The van der Waals surface area contributed by atoms with Crippen LogP contribution in [-0.4, -0.2) is 52.4 Å². The second kappa shape index (κ2) is 5.61. The van der Waals surface area contributed by atoms with Gasteiger partial charge in [0.25, 0.3) is 5.91 Å². The highest BCUT2D eigenvalue weighted by Gasteiger charge is 2.34. The number of aromatic nitrogens is 3. The van der Waals surface area contributed by atoms with Crippen molar-refractivity contribution >= 4 is 29.3 Å². The van der Waals surface area contributed by atoms with Crippen molar-refractivity contribution in [2.24, 2.45) is 11.8 Å². The van der Waals surface area contributed by atoms with Gasteiger partial charge in [0.05, 0.1) is 0 Å². The average Bonchev–Trinajstić information content (AvgIpc) is 3.13. The third-order valence-corrected chi connectivity index (χ3v) is 4.55. The van der Waals surface area contributed by atoms with Crippen molar-refractivity contribution in [1.29, 1.82) is 0 Å². The SMILES string of the molecule is Cl.O=C(c1ccc2n[nH]nc2c1)N1CC[C@@H]2CNC[C@@H]2C1. The van der Waals surface area contributed by atoms with Crippen LogP contribution in [0.5, 0.6) is 0 Å². The molecule has 2 aliphatic rings. The van der Waals surface area contributed by atoms with E-state index in [1.807, 2.05) is 23.1 Å². The number of aromatic amines is 1. The number of carbonyl (C=O) groups is 1. The maximum Gasteiger partial charge on any atom is 0.253 e. The molecule has 2 aromatic rings. The fraction of sp³-hybridized carbons (Fsp3) is 0.500. The summed E-state index contributed by atoms with van der Waals surface area (Å²) in [7, 11) is 0. The molecule has 0 aliphatic carbocycles. The summed E-state index contributed by atoms with van der Waals surface area (Å²) in [5.41, 5.74) is 2.24. The molecule has 1 aromatic heterocycles. The summed E-state index contributed by atoms with van der Waals surface area (Å²) >= 11 is 0. The Morgan fingerprint density at radius 3 is 2.90 bits per heavy atom. The number of carbonyl (C=O) groups excluding carboxylic acids is 1. The Hall–Kier alpha value is -1.66. The second-order valence-corrected chi connectivity index (χ2v) is 5.75. The largest absolute Gasteiger partial charge is 0.338 e. The first-order chi connectivity index (χ1) is 9.81. The van der Waals surface area contributed by atoms with Crippen molar-refractivity contribution < 1.29 is 4.79 Å². The average molecular weight is 308 g/mol. The molecule has 2 saturated heterocycles. The zero-order chi connectivity index (χ0) is 13.5. The molecule has 0 unspecified atom stereocenters. The van der Waals surface area contributed by atoms with Gasteiger partial charge in [0.2, 0.25) is 0 Å². The van der Waals surface area contributed by atoms with E-state index in [1.54, 1.807) is 0 Å². The molecule has 112 valence electrons. The van der Waals surface area contributed by atoms with Crippen LogP contribution in [0.4, 0.5) is 0 Å². The number of H-pyrrole nitrogens is 1. The first kappa shape index (κ1) is 14.3. The molecule has 3 heterocycles. The van der Waals surface area contributed by atoms with Crippen LogP contribution < -0.4 is 5.32 Å². The number of rotatable bonds is 1. The smallest absolute Gasteiger partial charge is 0.253 e. The maximum atomic E-state index is 12.6. The first-order valence-electron chi connectivity index (χ1n) is 7.12. The van der Waals surface area contributed by atoms with Crippen molar-refractivity contribution in [3.05, 3.63) is 23.8 Å². The molecule has 1 aromatic carbocycles. The Bertz CT molecular complexity index is 658. The standard InChI is InChI=1S/C14H17N5O.ClH/c20-14(9-1-2-12-13(5-9)17-18-16-12)19-4-3-10-6-15-7-11(10)8-19;/h1-2,5,10-11,15H,3-4,6-8H2,(H,16,17,18);1H/t10-,11-;/m1./s1. The maximum absolute atomic E-state index is 12.6. The van der Waals surface area contributed by atoms with Crippen molar-refractivity contribution in [2.45, 2.75) is 6.42 Å². The molecule has 21 heavy (non-hydrogen) atoms. The van der Waals surface area contributed by atoms with Crippen LogP contribution in [0.15, 0.2) is 18.2 Å². The topological polar surface area (TPSA) is 73.9 Å². The highest BCUT2D eigenvalue weighted by molar-refractivity contribution is 5.97. The number of fused-ring (bicyclic) bond motifs is 2. The first-order valence-corrected chi connectivity index (χ1v) is 7.12. The van der Waals surface area contributed by atoms with E-state index in [9.17, 15) is 4.79 Å². The van der Waals surface area contributed by atoms with Crippen LogP contribution in [-0.2, 0) is 0 Å². The summed E-state index contributed by atoms with van der Waals surface area (Å²) in [4.78, 5) is 14.6. The summed E-state index contributed by atoms with van der Waals surface area (Å²) in [6.45, 7) is 3.88. The fourth-order valence-electron chi connectivity index (χ4n) is 3.38. The van der Waals surface area contributed by atoms with Crippen molar-refractivity contribution in [1.82, 2.24) is 25.6 Å². The van der Waals surface area contributed by atoms with Crippen LogP contribution in [0.25, 0.3) is 11.0 Å². The van der Waals surface area contributed by atoms with E-state index >= 15 is 0 Å². The summed E-state index contributed by atoms with van der Waals surface area (Å²) < 4.78 is 0. The van der Waals surface area contributed by atoms with Gasteiger partial charge in [0, 0.05) is 18.7 Å². The lowest BCUT2D eigenvalue weighted by molar-refractivity contribution is 0.0642. The van der Waals surface area contributed by atoms with Gasteiger partial charge in [-0.15, -0.1) is 12.4 Å². The van der Waals surface area contributed by atoms with E-state index in [4.69, 9.17) is 0 Å². The minimum Gasteiger partial charge on any atom is -0.338 e. The third kappa shape index (κ3) is 2.49. The zero-order valence-corrected chi connectivity index (χ0v) is 12.4. The lowest BCUT2D eigenvalue weighted by Crippen LogP contribution is -2.43. The van der Waals surface area contributed by atoms with E-state index in [-0.39, 0.29) is 18.3 Å². The predicted molar refractivity (Wildman–Crippen MR) is 81.5 cm³/mol. The third-order valence-electron chi connectivity index (χ3n) is 4.55. The number of amides is 1. The van der Waals surface area contributed by atoms with Crippen LogP contribution in [0, 0.1) is 11.8 Å². The number of likely N-dealkylation sites (tertiary alicyclic amines) is 1. The number of benzene rings is 1. The van der Waals surface area contributed by atoms with Gasteiger partial charge in [-0.3, -0.25) is 4.79 Å². The quantitative estimate of drug-likeness (QED) is 0.826. The van der Waals surface area contributed by atoms with Gasteiger partial charge in [0.15, 0.2) is 0 Å². The number of nitrogens with one attached hydrogen (secondary N) is 2. The molecule has 0 bridgehead atoms. The van der Waals surface area contributed by atoms with Crippen LogP contribution in [0.2, 0.25) is 0 Å². The van der Waals surface area contributed by atoms with Crippen LogP contribution in [0.3, 0.4) is 0 Å². The Morgan fingerprint density at radius 1 is 1.19 bits per heavy atom. The summed E-state index contributed by atoms with van der Waals surface area (Å²) in [6.07, 6.45) is 1.11. The molecular weight excluding hydrogens is 290 g/mol. The second-order valence-electron chi connectivity index (χ2n) is 5.75. The highest BCUT2D eigenvalue weighted by Crippen LogP contribution is 2.27. The molecule has 2 atom stereocenters. The molecule has 1 amide bonds. The van der Waals surface area contributed by atoms with E-state index in [2.05, 4.69) is 20.7 Å². The van der Waals surface area contributed by atoms with Gasteiger partial charge < -0.3 is 10.2 Å². The molecule has 0 saturated carbocycles. The molecule has 4 rings (SSSR count). The van der Waals surface area contributed by atoms with Crippen molar-refractivity contribution in [3.63, 3.8) is 0 Å². The van der Waals surface area contributed by atoms with Crippen LogP contribution in [0.1, 0.15) is 16.8 Å². The summed E-state index contributed by atoms with van der Waals surface area (Å²) in [5.74, 6) is 1.47. The van der Waals surface area contributed by atoms with Gasteiger partial charge in [-0.25, -0.2) is 0 Å². The van der Waals surface area contributed by atoms with E-state index in [0.29, 0.717) is 11.5 Å². The Kier molecular flexibility index (Phi) is 3.82. The van der Waals surface area contributed by atoms with Gasteiger partial charge in [-0.2, -0.15) is 15.4 Å². The van der Waals surface area contributed by atoms with Crippen LogP contribution >= 0.6 is 12.4 Å². The number of halogens is 1. The Balaban J connectivity index is 0.00000132. The minimum absolute atomic E-state index is 0. The molecule has 7 heteroatoms. The van der Waals surface area contributed by atoms with E-state index < -0.39 is 0 Å². The number of nitrogens with zero attached hydrogens (tertiary/aromatic N) is 3. The van der Waals surface area contributed by atoms with Gasteiger partial charge in [-0.1, -0.05) is 0 Å². The number of piperidine rings is 1. The van der Waals surface area contributed by atoms with Crippen molar-refractivity contribution in [2.75, 3.05) is 26.2 Å². The summed E-state index contributed by atoms with van der Waals surface area (Å²) in [5, 5.41) is 14.1. The fourth-order valence-corrected chi connectivity index (χ4v) is 3.38. The number of hydrogen-bond donors (Lipinski definition) is 2. The van der Waals surface area contributed by atoms with E-state index in [1.165, 1.54) is 0 Å². The molecule has 2 aliphatic heterocycles. The predicted octanol–water partition coefficient (Wildman–Crippen LogP) is 1.06. The molecule has 2 N–H and O–H groups in total. The number of hydrogen-bond acceptors (Lipinski definition) is 4. The van der Waals surface area contributed by atoms with E-state index in [0.717, 1.165) is 49.6 Å². The van der Waals surface area contributed by atoms with Gasteiger partial charge in [0.1, 0.15) is 11.0 Å². The highest BCUT2D eigenvalue weighted by atomic mass is 35.5.